The van der Waals surface area contributed by atoms with Gasteiger partial charge in [-0.25, -0.2) is 12.8 Å². The molecule has 3 rings (SSSR count). The molecule has 1 atom stereocenters. The molecule has 0 amide bonds. The van der Waals surface area contributed by atoms with Crippen molar-refractivity contribution in [3.05, 3.63) is 93.8 Å². The number of nitro groups is 1. The molecule has 0 N–H and O–H groups in total. The Morgan fingerprint density at radius 3 is 2.29 bits per heavy atom. The second-order valence-corrected chi connectivity index (χ2v) is 8.72. The number of hydrogen-bond acceptors (Lipinski definition) is 5. The van der Waals surface area contributed by atoms with E-state index in [1.165, 1.54) is 31.4 Å². The number of nitro benzene ring substituents is 1. The number of ether oxygens (including phenoxy) is 1. The Labute approximate surface area is 179 Å². The van der Waals surface area contributed by atoms with Crippen molar-refractivity contribution in [2.75, 3.05) is 11.4 Å². The lowest BCUT2D eigenvalue weighted by molar-refractivity contribution is -0.384. The Morgan fingerprint density at radius 1 is 1.06 bits per heavy atom. The van der Waals surface area contributed by atoms with Gasteiger partial charge in [-0.2, -0.15) is 0 Å². The van der Waals surface area contributed by atoms with E-state index in [1.54, 1.807) is 38.1 Å². The van der Waals surface area contributed by atoms with Crippen LogP contribution in [0, 0.1) is 22.9 Å². The van der Waals surface area contributed by atoms with Crippen molar-refractivity contribution in [3.8, 4) is 5.75 Å². The first kappa shape index (κ1) is 22.2. The normalized spacial score (nSPS) is 12.3. The highest BCUT2D eigenvalue weighted by atomic mass is 32.2. The third-order valence-electron chi connectivity index (χ3n) is 4.96. The fourth-order valence-electron chi connectivity index (χ4n) is 3.28. The zero-order valence-electron chi connectivity index (χ0n) is 17.2. The molecule has 3 aromatic rings. The van der Waals surface area contributed by atoms with E-state index in [2.05, 4.69) is 0 Å². The summed E-state index contributed by atoms with van der Waals surface area (Å²) in [4.78, 5) is 10.2. The zero-order valence-corrected chi connectivity index (χ0v) is 18.0. The highest BCUT2D eigenvalue weighted by molar-refractivity contribution is 7.92. The predicted molar refractivity (Wildman–Crippen MR) is 115 cm³/mol. The van der Waals surface area contributed by atoms with Gasteiger partial charge in [0.2, 0.25) is 0 Å². The monoisotopic (exact) mass is 444 g/mol. The summed E-state index contributed by atoms with van der Waals surface area (Å²) in [6.45, 7) is 3.25. The van der Waals surface area contributed by atoms with Crippen molar-refractivity contribution in [2.24, 2.45) is 0 Å². The van der Waals surface area contributed by atoms with Gasteiger partial charge in [-0.3, -0.25) is 14.4 Å². The smallest absolute Gasteiger partial charge is 0.269 e. The van der Waals surface area contributed by atoms with Gasteiger partial charge in [0.25, 0.3) is 15.7 Å². The molecular weight excluding hydrogens is 423 g/mol. The highest BCUT2D eigenvalue weighted by Gasteiger charge is 2.32. The summed E-state index contributed by atoms with van der Waals surface area (Å²) in [5, 5.41) is 10.9. The molecule has 0 saturated heterocycles. The molecule has 9 heteroatoms. The van der Waals surface area contributed by atoms with E-state index in [0.717, 1.165) is 22.5 Å². The number of aryl methyl sites for hydroxylation is 1. The Balaban J connectivity index is 2.19. The number of sulfonamides is 1. The lowest BCUT2D eigenvalue weighted by atomic mass is 10.1. The minimum atomic E-state index is -4.21. The molecular formula is C22H21FN2O5S. The molecule has 162 valence electrons. The number of hydrogen-bond donors (Lipinski definition) is 0. The third-order valence-corrected chi connectivity index (χ3v) is 6.87. The molecule has 0 aliphatic carbocycles. The molecule has 0 radical (unpaired) electrons. The van der Waals surface area contributed by atoms with Crippen LogP contribution < -0.4 is 9.04 Å². The van der Waals surface area contributed by atoms with E-state index in [-0.39, 0.29) is 16.3 Å². The van der Waals surface area contributed by atoms with E-state index in [9.17, 15) is 22.9 Å². The molecule has 0 aliphatic heterocycles. The number of methoxy groups -OCH3 is 1. The van der Waals surface area contributed by atoms with Crippen LogP contribution in [0.4, 0.5) is 15.8 Å². The number of non-ortho nitro benzene ring substituents is 1. The molecule has 0 aliphatic rings. The van der Waals surface area contributed by atoms with Gasteiger partial charge in [-0.15, -0.1) is 0 Å². The van der Waals surface area contributed by atoms with Crippen molar-refractivity contribution in [2.45, 2.75) is 24.8 Å². The van der Waals surface area contributed by atoms with Crippen molar-refractivity contribution in [3.63, 3.8) is 0 Å². The van der Waals surface area contributed by atoms with Gasteiger partial charge in [-0.1, -0.05) is 24.3 Å². The number of rotatable bonds is 7. The van der Waals surface area contributed by atoms with Gasteiger partial charge in [0, 0.05) is 17.7 Å². The third kappa shape index (κ3) is 4.36. The van der Waals surface area contributed by atoms with Crippen molar-refractivity contribution >= 4 is 21.4 Å². The first-order valence-electron chi connectivity index (χ1n) is 9.34. The Hall–Kier alpha value is -3.46. The quantitative estimate of drug-likeness (QED) is 0.378. The molecule has 7 nitrogen and oxygen atoms in total. The minimum Gasteiger partial charge on any atom is -0.496 e. The van der Waals surface area contributed by atoms with Crippen LogP contribution in [0.2, 0.25) is 0 Å². The van der Waals surface area contributed by atoms with Crippen LogP contribution >= 0.6 is 0 Å². The fourth-order valence-corrected chi connectivity index (χ4v) is 4.91. The largest absolute Gasteiger partial charge is 0.496 e. The Bertz CT molecular complexity index is 1210. The van der Waals surface area contributed by atoms with Crippen LogP contribution in [0.5, 0.6) is 5.75 Å². The van der Waals surface area contributed by atoms with Gasteiger partial charge in [0.15, 0.2) is 0 Å². The molecule has 31 heavy (non-hydrogen) atoms. The maximum atomic E-state index is 14.4. The number of para-hydroxylation sites is 1. The average Bonchev–Trinajstić information content (AvgIpc) is 2.76. The van der Waals surface area contributed by atoms with E-state index in [0.29, 0.717) is 16.9 Å². The predicted octanol–water partition coefficient (Wildman–Crippen LogP) is 5.01. The average molecular weight is 444 g/mol. The second kappa shape index (κ2) is 8.73. The summed E-state index contributed by atoms with van der Waals surface area (Å²) in [6, 6.07) is 14.9. The van der Waals surface area contributed by atoms with Gasteiger partial charge in [-0.05, 0) is 49.7 Å². The maximum absolute atomic E-state index is 14.4. The topological polar surface area (TPSA) is 89.8 Å². The summed E-state index contributed by atoms with van der Waals surface area (Å²) in [6.07, 6.45) is 0. The van der Waals surface area contributed by atoms with Crippen molar-refractivity contribution < 1.29 is 22.5 Å². The molecule has 1 unspecified atom stereocenters. The van der Waals surface area contributed by atoms with Gasteiger partial charge >= 0.3 is 0 Å². The van der Waals surface area contributed by atoms with Gasteiger partial charge in [0.05, 0.1) is 28.7 Å². The lowest BCUT2D eigenvalue weighted by Crippen LogP contribution is -2.34. The summed E-state index contributed by atoms with van der Waals surface area (Å²) in [7, 11) is -2.73. The van der Waals surface area contributed by atoms with Gasteiger partial charge in [0.1, 0.15) is 11.6 Å². The second-order valence-electron chi connectivity index (χ2n) is 6.90. The standard InChI is InChI=1S/C22H21FN2O5S/c1-15-8-9-18(14-21(15)23)24(16(2)20-6-4-5-7-22(20)30-3)31(28,29)19-12-10-17(11-13-19)25(26)27/h4-14,16H,1-3H3. The number of halogens is 1. The molecule has 0 bridgehead atoms. The summed E-state index contributed by atoms with van der Waals surface area (Å²) < 4.78 is 48.1. The zero-order chi connectivity index (χ0) is 22.8. The van der Waals surface area contributed by atoms with Crippen LogP contribution in [-0.2, 0) is 10.0 Å². The molecule has 3 aromatic carbocycles. The van der Waals surface area contributed by atoms with E-state index in [1.807, 2.05) is 0 Å². The molecule has 0 fully saturated rings. The summed E-state index contributed by atoms with van der Waals surface area (Å²) in [5.41, 5.74) is 0.849. The van der Waals surface area contributed by atoms with Crippen molar-refractivity contribution in [1.29, 1.82) is 0 Å². The molecule has 0 saturated carbocycles. The van der Waals surface area contributed by atoms with Crippen LogP contribution in [0.15, 0.2) is 71.6 Å². The number of benzene rings is 3. The SMILES string of the molecule is COc1ccccc1C(C)N(c1ccc(C)c(F)c1)S(=O)(=O)c1ccc([N+](=O)[O-])cc1. The Kier molecular flexibility index (Phi) is 6.26. The van der Waals surface area contributed by atoms with Crippen LogP contribution in [-0.4, -0.2) is 20.5 Å². The maximum Gasteiger partial charge on any atom is 0.269 e. The molecule has 0 heterocycles. The minimum absolute atomic E-state index is 0.125. The lowest BCUT2D eigenvalue weighted by Gasteiger charge is -2.31. The summed E-state index contributed by atoms with van der Waals surface area (Å²) >= 11 is 0. The highest BCUT2D eigenvalue weighted by Crippen LogP contribution is 2.37. The van der Waals surface area contributed by atoms with E-state index < -0.39 is 26.8 Å². The first-order chi connectivity index (χ1) is 14.7. The number of nitrogens with zero attached hydrogens (tertiary/aromatic N) is 2. The van der Waals surface area contributed by atoms with Crippen LogP contribution in [0.25, 0.3) is 0 Å². The van der Waals surface area contributed by atoms with Crippen LogP contribution in [0.1, 0.15) is 24.1 Å². The molecule has 0 aromatic heterocycles. The van der Waals surface area contributed by atoms with E-state index >= 15 is 0 Å². The van der Waals surface area contributed by atoms with Crippen LogP contribution in [0.3, 0.4) is 0 Å². The van der Waals surface area contributed by atoms with E-state index in [4.69, 9.17) is 4.74 Å². The summed E-state index contributed by atoms with van der Waals surface area (Å²) in [5.74, 6) is -0.0693. The van der Waals surface area contributed by atoms with Gasteiger partial charge < -0.3 is 4.74 Å². The number of anilines is 1. The fraction of sp³-hybridized carbons (Fsp3) is 0.182. The Morgan fingerprint density at radius 2 is 1.71 bits per heavy atom. The molecule has 0 spiro atoms. The van der Waals surface area contributed by atoms with Crippen molar-refractivity contribution in [1.82, 2.24) is 0 Å². The first-order valence-corrected chi connectivity index (χ1v) is 10.8.